The summed E-state index contributed by atoms with van der Waals surface area (Å²) in [6.07, 6.45) is 8.82. The van der Waals surface area contributed by atoms with Crippen molar-refractivity contribution in [1.82, 2.24) is 14.4 Å². The van der Waals surface area contributed by atoms with Crippen LogP contribution in [0.2, 0.25) is 0 Å². The van der Waals surface area contributed by atoms with Crippen molar-refractivity contribution in [2.45, 2.75) is 33.1 Å². The molecule has 6 nitrogen and oxygen atoms in total. The Morgan fingerprint density at radius 2 is 2.10 bits per heavy atom. The van der Waals surface area contributed by atoms with Crippen LogP contribution in [0.1, 0.15) is 33.1 Å². The first-order valence-corrected chi connectivity index (χ1v) is 7.63. The molecule has 116 valence electrons. The highest BCUT2D eigenvalue weighted by atomic mass is 16.5. The lowest BCUT2D eigenvalue weighted by Gasteiger charge is -2.10. The van der Waals surface area contributed by atoms with E-state index in [1.54, 1.807) is 6.20 Å². The van der Waals surface area contributed by atoms with Crippen LogP contribution in [-0.2, 0) is 4.74 Å². The summed E-state index contributed by atoms with van der Waals surface area (Å²) in [5, 5.41) is 3.26. The summed E-state index contributed by atoms with van der Waals surface area (Å²) in [5.41, 5.74) is 0.727. The van der Waals surface area contributed by atoms with Gasteiger partial charge in [0.25, 0.3) is 5.88 Å². The van der Waals surface area contributed by atoms with Gasteiger partial charge in [-0.25, -0.2) is 4.98 Å². The Morgan fingerprint density at radius 3 is 2.90 bits per heavy atom. The van der Waals surface area contributed by atoms with Crippen LogP contribution in [0, 0.1) is 0 Å². The van der Waals surface area contributed by atoms with E-state index in [4.69, 9.17) is 9.47 Å². The van der Waals surface area contributed by atoms with E-state index in [1.807, 2.05) is 16.8 Å². The van der Waals surface area contributed by atoms with Crippen LogP contribution >= 0.6 is 0 Å². The minimum atomic E-state index is 0.483. The third-order valence-corrected chi connectivity index (χ3v) is 3.01. The molecule has 21 heavy (non-hydrogen) atoms. The van der Waals surface area contributed by atoms with Crippen LogP contribution < -0.4 is 10.1 Å². The van der Waals surface area contributed by atoms with Gasteiger partial charge in [-0.3, -0.25) is 4.40 Å². The number of rotatable bonds is 10. The molecule has 2 heterocycles. The van der Waals surface area contributed by atoms with Gasteiger partial charge in [-0.2, -0.15) is 4.98 Å². The Bertz CT molecular complexity index is 541. The molecule has 0 saturated heterocycles. The summed E-state index contributed by atoms with van der Waals surface area (Å²) < 4.78 is 13.1. The zero-order valence-electron chi connectivity index (χ0n) is 12.8. The van der Waals surface area contributed by atoms with E-state index >= 15 is 0 Å². The van der Waals surface area contributed by atoms with E-state index in [0.717, 1.165) is 43.9 Å². The van der Waals surface area contributed by atoms with Crippen molar-refractivity contribution in [2.75, 3.05) is 31.7 Å². The highest BCUT2D eigenvalue weighted by molar-refractivity contribution is 5.53. The van der Waals surface area contributed by atoms with E-state index in [9.17, 15) is 0 Å². The number of nitrogens with one attached hydrogen (secondary N) is 1. The number of unbranched alkanes of at least 4 members (excludes halogenated alkanes) is 1. The predicted octanol–water partition coefficient (Wildman–Crippen LogP) is 2.75. The Hall–Kier alpha value is -1.82. The number of ether oxygens (including phenoxy) is 2. The number of aromatic nitrogens is 3. The van der Waals surface area contributed by atoms with Gasteiger partial charge in [0.2, 0.25) is 5.65 Å². The highest BCUT2D eigenvalue weighted by Gasteiger charge is 2.08. The van der Waals surface area contributed by atoms with Gasteiger partial charge in [-0.15, -0.1) is 0 Å². The number of anilines is 1. The molecule has 1 N–H and O–H groups in total. The standard InChI is InChI=1S/C15H24N4O2/c1-3-5-9-20-10-11-21-15-14-17-7-8-19(14)12-13(18-15)16-6-4-2/h7-8,12,16H,3-6,9-11H2,1-2H3. The van der Waals surface area contributed by atoms with Crippen molar-refractivity contribution >= 4 is 11.5 Å². The first kappa shape index (κ1) is 15.6. The molecule has 0 amide bonds. The summed E-state index contributed by atoms with van der Waals surface area (Å²) in [6, 6.07) is 0. The third kappa shape index (κ3) is 4.60. The summed E-state index contributed by atoms with van der Waals surface area (Å²) in [7, 11) is 0. The molecule has 0 bridgehead atoms. The summed E-state index contributed by atoms with van der Waals surface area (Å²) in [4.78, 5) is 8.75. The van der Waals surface area contributed by atoms with Crippen LogP contribution in [-0.4, -0.2) is 40.7 Å². The fourth-order valence-corrected chi connectivity index (χ4v) is 1.88. The van der Waals surface area contributed by atoms with E-state index < -0.39 is 0 Å². The molecular formula is C15H24N4O2. The molecule has 0 unspecified atom stereocenters. The minimum Gasteiger partial charge on any atom is -0.473 e. The lowest BCUT2D eigenvalue weighted by molar-refractivity contribution is 0.0969. The molecule has 2 aromatic rings. The van der Waals surface area contributed by atoms with Gasteiger partial charge < -0.3 is 14.8 Å². The monoisotopic (exact) mass is 292 g/mol. The van der Waals surface area contributed by atoms with Gasteiger partial charge in [0.15, 0.2) is 0 Å². The Morgan fingerprint density at radius 1 is 1.19 bits per heavy atom. The van der Waals surface area contributed by atoms with Crippen molar-refractivity contribution in [3.8, 4) is 5.88 Å². The van der Waals surface area contributed by atoms with Gasteiger partial charge in [-0.05, 0) is 12.8 Å². The molecule has 2 aromatic heterocycles. The molecule has 0 aliphatic rings. The van der Waals surface area contributed by atoms with Crippen molar-refractivity contribution in [2.24, 2.45) is 0 Å². The summed E-state index contributed by atoms with van der Waals surface area (Å²) in [6.45, 7) is 6.98. The average molecular weight is 292 g/mol. The number of fused-ring (bicyclic) bond motifs is 1. The highest BCUT2D eigenvalue weighted by Crippen LogP contribution is 2.18. The molecule has 0 aliphatic heterocycles. The van der Waals surface area contributed by atoms with Crippen molar-refractivity contribution in [3.05, 3.63) is 18.6 Å². The Kier molecular flexibility index (Phi) is 6.27. The van der Waals surface area contributed by atoms with Crippen molar-refractivity contribution in [1.29, 1.82) is 0 Å². The maximum absolute atomic E-state index is 5.72. The van der Waals surface area contributed by atoms with Crippen molar-refractivity contribution < 1.29 is 9.47 Å². The van der Waals surface area contributed by atoms with E-state index in [2.05, 4.69) is 29.1 Å². The topological polar surface area (TPSA) is 60.7 Å². The first-order chi connectivity index (χ1) is 10.3. The van der Waals surface area contributed by atoms with E-state index in [-0.39, 0.29) is 0 Å². The van der Waals surface area contributed by atoms with Gasteiger partial charge in [0.1, 0.15) is 12.4 Å². The smallest absolute Gasteiger partial charge is 0.260 e. The van der Waals surface area contributed by atoms with Crippen LogP contribution in [0.3, 0.4) is 0 Å². The molecule has 0 fully saturated rings. The zero-order valence-corrected chi connectivity index (χ0v) is 12.8. The van der Waals surface area contributed by atoms with Gasteiger partial charge in [0, 0.05) is 25.5 Å². The fraction of sp³-hybridized carbons (Fsp3) is 0.600. The van der Waals surface area contributed by atoms with Crippen LogP contribution in [0.5, 0.6) is 5.88 Å². The van der Waals surface area contributed by atoms with Crippen LogP contribution in [0.4, 0.5) is 5.82 Å². The third-order valence-electron chi connectivity index (χ3n) is 3.01. The van der Waals surface area contributed by atoms with Crippen LogP contribution in [0.15, 0.2) is 18.6 Å². The quantitative estimate of drug-likeness (QED) is 0.682. The second-order valence-corrected chi connectivity index (χ2v) is 4.83. The maximum Gasteiger partial charge on any atom is 0.260 e. The Balaban J connectivity index is 1.95. The lowest BCUT2D eigenvalue weighted by Crippen LogP contribution is -2.11. The summed E-state index contributed by atoms with van der Waals surface area (Å²) >= 11 is 0. The molecular weight excluding hydrogens is 268 g/mol. The molecule has 0 spiro atoms. The number of hydrogen-bond donors (Lipinski definition) is 1. The largest absolute Gasteiger partial charge is 0.473 e. The Labute approximate surface area is 125 Å². The average Bonchev–Trinajstić information content (AvgIpc) is 2.97. The number of nitrogens with zero attached hydrogens (tertiary/aromatic N) is 3. The van der Waals surface area contributed by atoms with E-state index in [0.29, 0.717) is 19.1 Å². The molecule has 2 rings (SSSR count). The zero-order chi connectivity index (χ0) is 14.9. The predicted molar refractivity (Wildman–Crippen MR) is 83.0 cm³/mol. The molecule has 6 heteroatoms. The molecule has 0 atom stereocenters. The normalized spacial score (nSPS) is 11.0. The van der Waals surface area contributed by atoms with Gasteiger partial charge in [0.05, 0.1) is 12.8 Å². The molecule has 0 saturated carbocycles. The summed E-state index contributed by atoms with van der Waals surface area (Å²) in [5.74, 6) is 1.34. The molecule has 0 radical (unpaired) electrons. The van der Waals surface area contributed by atoms with E-state index in [1.165, 1.54) is 0 Å². The van der Waals surface area contributed by atoms with Crippen LogP contribution in [0.25, 0.3) is 5.65 Å². The SMILES string of the molecule is CCCCOCCOc1nc(NCCC)cn2ccnc12. The first-order valence-electron chi connectivity index (χ1n) is 7.63. The molecule has 0 aromatic carbocycles. The number of hydrogen-bond acceptors (Lipinski definition) is 5. The fourth-order valence-electron chi connectivity index (χ4n) is 1.88. The molecule has 0 aliphatic carbocycles. The van der Waals surface area contributed by atoms with Gasteiger partial charge in [-0.1, -0.05) is 20.3 Å². The number of imidazole rings is 1. The second kappa shape index (κ2) is 8.46. The maximum atomic E-state index is 5.72. The lowest BCUT2D eigenvalue weighted by atomic mass is 10.4. The van der Waals surface area contributed by atoms with Gasteiger partial charge >= 0.3 is 0 Å². The minimum absolute atomic E-state index is 0.483. The second-order valence-electron chi connectivity index (χ2n) is 4.83. The van der Waals surface area contributed by atoms with Crippen molar-refractivity contribution in [3.63, 3.8) is 0 Å².